The molecule has 0 aromatic heterocycles. The highest BCUT2D eigenvalue weighted by Gasteiger charge is 2.50. The van der Waals surface area contributed by atoms with E-state index in [1.807, 2.05) is 0 Å². The molecule has 8 aromatic rings. The lowest BCUT2D eigenvalue weighted by molar-refractivity contribution is 0.763. The van der Waals surface area contributed by atoms with E-state index in [2.05, 4.69) is 177 Å². The minimum absolute atomic E-state index is 0.298. The Morgan fingerprint density at radius 2 is 1.17 bits per heavy atom. The zero-order chi connectivity index (χ0) is 34.1. The van der Waals surface area contributed by atoms with E-state index in [0.29, 0.717) is 5.92 Å². The number of fused-ring (bicyclic) bond motifs is 14. The fourth-order valence-electron chi connectivity index (χ4n) is 10.5. The van der Waals surface area contributed by atoms with Gasteiger partial charge in [0.25, 0.3) is 0 Å². The van der Waals surface area contributed by atoms with E-state index in [-0.39, 0.29) is 0 Å². The van der Waals surface area contributed by atoms with Crippen molar-refractivity contribution in [1.29, 1.82) is 0 Å². The predicted molar refractivity (Wildman–Crippen MR) is 217 cm³/mol. The molecule has 12 rings (SSSR count). The smallest absolute Gasteiger partial charge is 0.193 e. The average Bonchev–Trinajstić information content (AvgIpc) is 3.48. The lowest BCUT2D eigenvalue weighted by Crippen LogP contribution is -2.42. The molecule has 1 nitrogen and oxygen atoms in total. The predicted octanol–water partition coefficient (Wildman–Crippen LogP) is 10.6. The van der Waals surface area contributed by atoms with Crippen LogP contribution in [-0.4, -0.2) is 7.28 Å². The van der Waals surface area contributed by atoms with Crippen molar-refractivity contribution in [2.45, 2.75) is 24.7 Å². The molecule has 241 valence electrons. The highest BCUT2D eigenvalue weighted by atomic mass is 14.9. The van der Waals surface area contributed by atoms with Crippen molar-refractivity contribution >= 4 is 40.4 Å². The lowest BCUT2D eigenvalue weighted by Gasteiger charge is -2.41. The Balaban J connectivity index is 1.10. The first kappa shape index (κ1) is 28.6. The van der Waals surface area contributed by atoms with E-state index in [9.17, 15) is 0 Å². The first-order chi connectivity index (χ1) is 25.7. The fraction of sp³-hybridized carbons (Fsp3) is 0.0800. The second kappa shape index (κ2) is 10.2. The molecule has 2 aliphatic carbocycles. The van der Waals surface area contributed by atoms with Crippen molar-refractivity contribution in [3.05, 3.63) is 202 Å². The van der Waals surface area contributed by atoms with Crippen LogP contribution in [0.2, 0.25) is 0 Å². The van der Waals surface area contributed by atoms with E-state index in [1.165, 1.54) is 111 Å². The van der Waals surface area contributed by atoms with Gasteiger partial charge in [0.15, 0.2) is 7.28 Å². The van der Waals surface area contributed by atoms with Crippen LogP contribution in [-0.2, 0) is 11.8 Å². The van der Waals surface area contributed by atoms with Crippen molar-refractivity contribution in [2.24, 2.45) is 0 Å². The number of para-hydroxylation sites is 2. The molecule has 0 saturated heterocycles. The van der Waals surface area contributed by atoms with Gasteiger partial charge in [-0.25, -0.2) is 0 Å². The molecule has 0 amide bonds. The van der Waals surface area contributed by atoms with Crippen LogP contribution in [0.15, 0.2) is 158 Å². The second-order valence-corrected chi connectivity index (χ2v) is 15.1. The molecule has 1 radical (unpaired) electrons. The Morgan fingerprint density at radius 3 is 1.98 bits per heavy atom. The van der Waals surface area contributed by atoms with Gasteiger partial charge in [-0.1, -0.05) is 162 Å². The van der Waals surface area contributed by atoms with Gasteiger partial charge in [-0.15, -0.1) is 0 Å². The highest BCUT2D eigenvalue weighted by Crippen LogP contribution is 2.62. The topological polar surface area (TPSA) is 12.0 Å². The van der Waals surface area contributed by atoms with Gasteiger partial charge in [0.05, 0.1) is 11.1 Å². The number of aryl methyl sites for hydroxylation is 1. The molecule has 1 N–H and O–H groups in total. The maximum absolute atomic E-state index is 4.03. The fourth-order valence-corrected chi connectivity index (χ4v) is 10.5. The summed E-state index contributed by atoms with van der Waals surface area (Å²) in [7, 11) is 2.48. The average molecular weight is 659 g/mol. The Morgan fingerprint density at radius 1 is 0.538 bits per heavy atom. The summed E-state index contributed by atoms with van der Waals surface area (Å²) in [6.07, 6.45) is 1.00. The number of hydrogen-bond acceptors (Lipinski definition) is 1. The van der Waals surface area contributed by atoms with Crippen molar-refractivity contribution in [3.63, 3.8) is 0 Å². The maximum atomic E-state index is 4.03. The lowest BCUT2D eigenvalue weighted by atomic mass is 9.50. The number of nitrogens with one attached hydrogen (secondary N) is 1. The summed E-state index contributed by atoms with van der Waals surface area (Å²) in [6, 6.07) is 59.6. The summed E-state index contributed by atoms with van der Waals surface area (Å²) in [6.45, 7) is 2.28. The van der Waals surface area contributed by atoms with Crippen LogP contribution in [0.25, 0.3) is 44.2 Å². The second-order valence-electron chi connectivity index (χ2n) is 15.1. The van der Waals surface area contributed by atoms with Crippen LogP contribution in [0.5, 0.6) is 0 Å². The quantitative estimate of drug-likeness (QED) is 0.173. The van der Waals surface area contributed by atoms with Crippen LogP contribution in [0, 0.1) is 6.92 Å². The van der Waals surface area contributed by atoms with Crippen LogP contribution < -0.4 is 16.2 Å². The van der Waals surface area contributed by atoms with Crippen LogP contribution in [0.1, 0.15) is 50.4 Å². The van der Waals surface area contributed by atoms with E-state index in [1.54, 1.807) is 0 Å². The molecule has 52 heavy (non-hydrogen) atoms. The Bertz CT molecular complexity index is 2820. The van der Waals surface area contributed by atoms with Gasteiger partial charge < -0.3 is 5.32 Å². The number of benzene rings is 8. The molecule has 2 heteroatoms. The molecule has 2 heterocycles. The Kier molecular flexibility index (Phi) is 5.62. The summed E-state index contributed by atoms with van der Waals surface area (Å²) in [5.74, 6) is 0.298. The van der Waals surface area contributed by atoms with E-state index in [4.69, 9.17) is 0 Å². The van der Waals surface area contributed by atoms with E-state index >= 15 is 0 Å². The highest BCUT2D eigenvalue weighted by molar-refractivity contribution is 6.70. The van der Waals surface area contributed by atoms with Crippen LogP contribution in [0.3, 0.4) is 0 Å². The summed E-state index contributed by atoms with van der Waals surface area (Å²) < 4.78 is 0. The summed E-state index contributed by atoms with van der Waals surface area (Å²) in [5, 5.41) is 6.66. The molecule has 1 atom stereocenters. The Hall–Kier alpha value is -6.12. The molecular weight excluding hydrogens is 625 g/mol. The zero-order valence-corrected chi connectivity index (χ0v) is 28.9. The van der Waals surface area contributed by atoms with Crippen molar-refractivity contribution in [2.75, 3.05) is 5.32 Å². The van der Waals surface area contributed by atoms with Crippen LogP contribution in [0.4, 0.5) is 11.4 Å². The molecular formula is C50H33BN. The molecule has 0 saturated carbocycles. The van der Waals surface area contributed by atoms with E-state index < -0.39 is 5.41 Å². The third-order valence-electron chi connectivity index (χ3n) is 12.5. The van der Waals surface area contributed by atoms with Gasteiger partial charge in [-0.3, -0.25) is 0 Å². The number of rotatable bonds is 1. The minimum Gasteiger partial charge on any atom is -0.354 e. The molecule has 8 aromatic carbocycles. The monoisotopic (exact) mass is 658 g/mol. The third-order valence-corrected chi connectivity index (χ3v) is 12.5. The molecule has 0 fully saturated rings. The van der Waals surface area contributed by atoms with E-state index in [0.717, 1.165) is 6.42 Å². The molecule has 1 spiro atoms. The standard InChI is InChI=1S/C50H33BN/c1-29-24-39(48-40(25-29)38-28-32-26-30-12-2-3-13-31(30)27-37(32)35-16-11-22-45(51-48)47(35)38)36-17-10-21-44-49(36)52-46-23-9-8-20-43(46)50(44)41-18-6-4-14-33(41)34-15-5-7-19-42(34)50/h2-27,38,52H,28H2,1H3. The maximum Gasteiger partial charge on any atom is 0.193 e. The molecule has 4 aliphatic rings. The zero-order valence-electron chi connectivity index (χ0n) is 28.9. The van der Waals surface area contributed by atoms with Gasteiger partial charge >= 0.3 is 0 Å². The molecule has 0 bridgehead atoms. The molecule has 2 aliphatic heterocycles. The Labute approximate surface area is 304 Å². The first-order valence-electron chi connectivity index (χ1n) is 18.5. The number of hydrogen-bond donors (Lipinski definition) is 1. The number of anilines is 2. The van der Waals surface area contributed by atoms with Crippen molar-refractivity contribution in [1.82, 2.24) is 0 Å². The minimum atomic E-state index is -0.425. The van der Waals surface area contributed by atoms with Gasteiger partial charge in [0.2, 0.25) is 0 Å². The van der Waals surface area contributed by atoms with Gasteiger partial charge in [-0.05, 0) is 103 Å². The first-order valence-corrected chi connectivity index (χ1v) is 18.5. The van der Waals surface area contributed by atoms with Gasteiger partial charge in [0, 0.05) is 17.2 Å². The molecule has 1 unspecified atom stereocenters. The summed E-state index contributed by atoms with van der Waals surface area (Å²) >= 11 is 0. The summed E-state index contributed by atoms with van der Waals surface area (Å²) in [4.78, 5) is 0. The SMILES string of the molecule is Cc1cc(-c2cccc3c2Nc2ccccc2C32c3ccccc3-c3ccccc32)c2c(c1)C1Cc3cc4ccccc4cc3-c3cccc(c31)[B]2. The largest absolute Gasteiger partial charge is 0.354 e. The van der Waals surface area contributed by atoms with Gasteiger partial charge in [0.1, 0.15) is 0 Å². The van der Waals surface area contributed by atoms with Crippen LogP contribution >= 0.6 is 0 Å². The van der Waals surface area contributed by atoms with Gasteiger partial charge in [-0.2, -0.15) is 0 Å². The normalized spacial score (nSPS) is 16.0. The van der Waals surface area contributed by atoms with Crippen molar-refractivity contribution in [3.8, 4) is 33.4 Å². The summed E-state index contributed by atoms with van der Waals surface area (Å²) in [5.41, 5.74) is 23.6. The third kappa shape index (κ3) is 3.59. The van der Waals surface area contributed by atoms with Crippen molar-refractivity contribution < 1.29 is 0 Å².